The minimum atomic E-state index is -0.947. The average molecular weight is 306 g/mol. The van der Waals surface area contributed by atoms with Gasteiger partial charge in [-0.1, -0.05) is 12.1 Å². The molecule has 0 atom stereocenters. The molecule has 0 aliphatic carbocycles. The molecular formula is C15H14O3S2. The number of aliphatic carboxylic acids is 1. The van der Waals surface area contributed by atoms with Crippen LogP contribution in [0.3, 0.4) is 0 Å². The molecule has 1 aromatic carbocycles. The maximum atomic E-state index is 10.6. The zero-order chi connectivity index (χ0) is 14.4. The predicted octanol–water partition coefficient (Wildman–Crippen LogP) is 4.15. The Balaban J connectivity index is 2.20. The normalized spacial score (nSPS) is 10.8. The van der Waals surface area contributed by atoms with E-state index in [1.807, 2.05) is 29.6 Å². The van der Waals surface area contributed by atoms with Gasteiger partial charge < -0.3 is 9.84 Å². The smallest absolute Gasteiger partial charge is 0.328 e. The van der Waals surface area contributed by atoms with E-state index in [9.17, 15) is 4.79 Å². The van der Waals surface area contributed by atoms with Crippen molar-refractivity contribution in [2.75, 3.05) is 7.11 Å². The van der Waals surface area contributed by atoms with Gasteiger partial charge in [0.15, 0.2) is 0 Å². The largest absolute Gasteiger partial charge is 0.497 e. The maximum Gasteiger partial charge on any atom is 0.328 e. The summed E-state index contributed by atoms with van der Waals surface area (Å²) >= 11 is 3.43. The minimum absolute atomic E-state index is 0.775. The van der Waals surface area contributed by atoms with Gasteiger partial charge >= 0.3 is 5.97 Å². The topological polar surface area (TPSA) is 46.5 Å². The molecule has 20 heavy (non-hydrogen) atoms. The van der Waals surface area contributed by atoms with Crippen molar-refractivity contribution in [1.82, 2.24) is 0 Å². The molecule has 1 heterocycles. The number of methoxy groups -OCH3 is 1. The molecule has 0 bridgehead atoms. The first kappa shape index (κ1) is 14.7. The Kier molecular flexibility index (Phi) is 5.26. The highest BCUT2D eigenvalue weighted by molar-refractivity contribution is 8.00. The summed E-state index contributed by atoms with van der Waals surface area (Å²) in [6, 6.07) is 9.75. The lowest BCUT2D eigenvalue weighted by atomic mass is 10.1. The molecule has 3 nitrogen and oxygen atoms in total. The Hall–Kier alpha value is -1.72. The van der Waals surface area contributed by atoms with Crippen molar-refractivity contribution < 1.29 is 14.6 Å². The Labute approximate surface area is 125 Å². The summed E-state index contributed by atoms with van der Waals surface area (Å²) in [4.78, 5) is 10.6. The van der Waals surface area contributed by atoms with Crippen molar-refractivity contribution >= 4 is 35.1 Å². The van der Waals surface area contributed by atoms with Crippen LogP contribution in [0.5, 0.6) is 5.75 Å². The third-order valence-corrected chi connectivity index (χ3v) is 4.80. The van der Waals surface area contributed by atoms with Crippen molar-refractivity contribution in [2.45, 2.75) is 9.96 Å². The lowest BCUT2D eigenvalue weighted by Gasteiger charge is -2.08. The monoisotopic (exact) mass is 306 g/mol. The van der Waals surface area contributed by atoms with Crippen molar-refractivity contribution in [1.29, 1.82) is 0 Å². The van der Waals surface area contributed by atoms with E-state index in [-0.39, 0.29) is 0 Å². The first-order chi connectivity index (χ1) is 9.69. The van der Waals surface area contributed by atoms with Crippen LogP contribution in [-0.4, -0.2) is 18.2 Å². The third kappa shape index (κ3) is 4.15. The minimum Gasteiger partial charge on any atom is -0.497 e. The number of carbonyl (C=O) groups is 1. The van der Waals surface area contributed by atoms with Crippen LogP contribution in [0.25, 0.3) is 6.08 Å². The highest BCUT2D eigenvalue weighted by atomic mass is 32.2. The molecule has 104 valence electrons. The number of carboxylic acids is 1. The Morgan fingerprint density at radius 3 is 2.95 bits per heavy atom. The molecule has 0 saturated carbocycles. The number of benzene rings is 1. The van der Waals surface area contributed by atoms with Gasteiger partial charge in [-0.15, -0.1) is 23.1 Å². The van der Waals surface area contributed by atoms with Gasteiger partial charge in [-0.2, -0.15) is 0 Å². The predicted molar refractivity (Wildman–Crippen MR) is 83.5 cm³/mol. The van der Waals surface area contributed by atoms with Crippen molar-refractivity contribution in [3.05, 3.63) is 52.9 Å². The van der Waals surface area contributed by atoms with Crippen LogP contribution >= 0.6 is 23.1 Å². The highest BCUT2D eigenvalue weighted by Gasteiger charge is 2.05. The second kappa shape index (κ2) is 7.17. The van der Waals surface area contributed by atoms with Crippen LogP contribution in [0.15, 0.2) is 46.0 Å². The van der Waals surface area contributed by atoms with Gasteiger partial charge in [0.2, 0.25) is 0 Å². The van der Waals surface area contributed by atoms with E-state index >= 15 is 0 Å². The van der Waals surface area contributed by atoms with E-state index < -0.39 is 5.97 Å². The number of carboxylic acid groups (broad SMARTS) is 1. The van der Waals surface area contributed by atoms with Gasteiger partial charge in [-0.05, 0) is 40.8 Å². The number of thioether (sulfide) groups is 1. The number of hydrogen-bond acceptors (Lipinski definition) is 4. The van der Waals surface area contributed by atoms with Crippen molar-refractivity contribution in [2.24, 2.45) is 0 Å². The van der Waals surface area contributed by atoms with E-state index in [1.54, 1.807) is 36.3 Å². The molecule has 0 amide bonds. The molecule has 1 N–H and O–H groups in total. The standard InChI is InChI=1S/C15H14O3S2/c1-18-13-6-4-11(5-7-14(16)17)12(9-13)10-20-15-3-2-8-19-15/h2-9H,10H2,1H3,(H,16,17). The quantitative estimate of drug-likeness (QED) is 0.643. The lowest BCUT2D eigenvalue weighted by molar-refractivity contribution is -0.131. The van der Waals surface area contributed by atoms with Gasteiger partial charge in [0.05, 0.1) is 11.3 Å². The lowest BCUT2D eigenvalue weighted by Crippen LogP contribution is -1.91. The van der Waals surface area contributed by atoms with Gasteiger partial charge in [-0.3, -0.25) is 0 Å². The van der Waals surface area contributed by atoms with Crippen LogP contribution < -0.4 is 4.74 Å². The summed E-state index contributed by atoms with van der Waals surface area (Å²) in [7, 11) is 1.62. The number of rotatable bonds is 6. The van der Waals surface area contributed by atoms with E-state index in [1.165, 1.54) is 4.21 Å². The summed E-state index contributed by atoms with van der Waals surface area (Å²) in [6.45, 7) is 0. The van der Waals surface area contributed by atoms with E-state index in [0.29, 0.717) is 0 Å². The first-order valence-electron chi connectivity index (χ1n) is 5.93. The fourth-order valence-corrected chi connectivity index (χ4v) is 3.44. The summed E-state index contributed by atoms with van der Waals surface area (Å²) in [6.07, 6.45) is 2.77. The number of ether oxygens (including phenoxy) is 1. The van der Waals surface area contributed by atoms with E-state index in [0.717, 1.165) is 28.7 Å². The first-order valence-corrected chi connectivity index (χ1v) is 7.80. The van der Waals surface area contributed by atoms with Crippen LogP contribution in [0.1, 0.15) is 11.1 Å². The summed E-state index contributed by atoms with van der Waals surface area (Å²) < 4.78 is 6.46. The summed E-state index contributed by atoms with van der Waals surface area (Å²) in [5, 5.41) is 10.8. The summed E-state index contributed by atoms with van der Waals surface area (Å²) in [5.41, 5.74) is 1.96. The Bertz CT molecular complexity index is 604. The summed E-state index contributed by atoms with van der Waals surface area (Å²) in [5.74, 6) is 0.605. The fourth-order valence-electron chi connectivity index (χ4n) is 1.65. The molecule has 0 aliphatic rings. The average Bonchev–Trinajstić information content (AvgIpc) is 2.96. The molecule has 0 aliphatic heterocycles. The number of thiophene rings is 1. The van der Waals surface area contributed by atoms with Crippen LogP contribution in [0, 0.1) is 0 Å². The van der Waals surface area contributed by atoms with Crippen LogP contribution in [-0.2, 0) is 10.5 Å². The number of hydrogen-bond donors (Lipinski definition) is 1. The van der Waals surface area contributed by atoms with Gasteiger partial charge in [0.1, 0.15) is 5.75 Å². The molecular weight excluding hydrogens is 292 g/mol. The fraction of sp³-hybridized carbons (Fsp3) is 0.133. The third-order valence-electron chi connectivity index (χ3n) is 2.62. The molecule has 2 rings (SSSR count). The van der Waals surface area contributed by atoms with Crippen molar-refractivity contribution in [3.63, 3.8) is 0 Å². The highest BCUT2D eigenvalue weighted by Crippen LogP contribution is 2.30. The molecule has 5 heteroatoms. The molecule has 0 unspecified atom stereocenters. The SMILES string of the molecule is COc1ccc(C=CC(=O)O)c(CSc2cccs2)c1. The van der Waals surface area contributed by atoms with Gasteiger partial charge in [0.25, 0.3) is 0 Å². The molecule has 0 radical (unpaired) electrons. The Morgan fingerprint density at radius 1 is 1.45 bits per heavy atom. The maximum absolute atomic E-state index is 10.6. The zero-order valence-corrected chi connectivity index (χ0v) is 12.5. The second-order valence-corrected chi connectivity index (χ2v) is 6.18. The molecule has 1 aromatic heterocycles. The molecule has 0 saturated heterocycles. The van der Waals surface area contributed by atoms with Crippen LogP contribution in [0.4, 0.5) is 0 Å². The molecule has 2 aromatic rings. The molecule has 0 fully saturated rings. The van der Waals surface area contributed by atoms with Gasteiger partial charge in [0, 0.05) is 11.8 Å². The van der Waals surface area contributed by atoms with Crippen molar-refractivity contribution in [3.8, 4) is 5.75 Å². The Morgan fingerprint density at radius 2 is 2.30 bits per heavy atom. The van der Waals surface area contributed by atoms with Gasteiger partial charge in [-0.25, -0.2) is 4.79 Å². The second-order valence-electron chi connectivity index (χ2n) is 3.96. The van der Waals surface area contributed by atoms with E-state index in [4.69, 9.17) is 9.84 Å². The van der Waals surface area contributed by atoms with Crippen LogP contribution in [0.2, 0.25) is 0 Å². The van der Waals surface area contributed by atoms with E-state index in [2.05, 4.69) is 6.07 Å². The molecule has 0 spiro atoms. The zero-order valence-electron chi connectivity index (χ0n) is 10.9.